The van der Waals surface area contributed by atoms with Crippen LogP contribution in [0.25, 0.3) is 0 Å². The van der Waals surface area contributed by atoms with Gasteiger partial charge in [0.1, 0.15) is 17.5 Å². The van der Waals surface area contributed by atoms with Crippen molar-refractivity contribution in [2.75, 3.05) is 13.1 Å². The summed E-state index contributed by atoms with van der Waals surface area (Å²) in [7, 11) is -4.19. The molecule has 0 saturated heterocycles. The van der Waals surface area contributed by atoms with Crippen LogP contribution >= 0.6 is 23.2 Å². The van der Waals surface area contributed by atoms with Crippen LogP contribution in [0.5, 0.6) is 0 Å². The molecule has 3 amide bonds. The van der Waals surface area contributed by atoms with Crippen molar-refractivity contribution in [2.24, 2.45) is 5.92 Å². The van der Waals surface area contributed by atoms with Gasteiger partial charge >= 0.3 is 0 Å². The minimum absolute atomic E-state index is 0.0121. The monoisotopic (exact) mass is 539 g/mol. The normalized spacial score (nSPS) is 15.1. The van der Waals surface area contributed by atoms with E-state index in [2.05, 4.69) is 5.32 Å². The summed E-state index contributed by atoms with van der Waals surface area (Å²) >= 11 is 12.1. The number of benzene rings is 2. The maximum atomic E-state index is 13.5. The van der Waals surface area contributed by atoms with Gasteiger partial charge in [-0.2, -0.15) is 0 Å². The standard InChI is InChI=1S/C24H27Cl2N3O5S/c1-4-20(23(31)27-12-15(2)3)28(13-16-9-10-18(25)19(26)11-16)22(30)14-29-24(32)17-7-5-6-8-21(17)35(29,33)34/h5-11,15,20H,4,12-14H2,1-3H3,(H,27,31). The highest BCUT2D eigenvalue weighted by atomic mass is 35.5. The molecule has 2 aromatic rings. The topological polar surface area (TPSA) is 104 Å². The number of sulfonamides is 1. The molecular formula is C24H27Cl2N3O5S. The summed E-state index contributed by atoms with van der Waals surface area (Å²) in [4.78, 5) is 40.5. The third kappa shape index (κ3) is 5.79. The second-order valence-corrected chi connectivity index (χ2v) is 11.3. The number of rotatable bonds is 9. The van der Waals surface area contributed by atoms with Crippen molar-refractivity contribution in [1.29, 1.82) is 0 Å². The smallest absolute Gasteiger partial charge is 0.269 e. The van der Waals surface area contributed by atoms with Gasteiger partial charge in [-0.3, -0.25) is 14.4 Å². The number of carbonyl (C=O) groups is 3. The first kappa shape index (κ1) is 27.0. The highest BCUT2D eigenvalue weighted by Crippen LogP contribution is 2.30. The summed E-state index contributed by atoms with van der Waals surface area (Å²) in [5.41, 5.74) is 0.611. The molecule has 1 heterocycles. The lowest BCUT2D eigenvalue weighted by Crippen LogP contribution is -2.52. The first-order chi connectivity index (χ1) is 16.5. The molecule has 11 heteroatoms. The third-order valence-corrected chi connectivity index (χ3v) is 8.12. The summed E-state index contributed by atoms with van der Waals surface area (Å²) in [5.74, 6) is -1.64. The van der Waals surface area contributed by atoms with Crippen LogP contribution in [0.3, 0.4) is 0 Å². The van der Waals surface area contributed by atoms with E-state index in [0.717, 1.165) is 0 Å². The van der Waals surface area contributed by atoms with Gasteiger partial charge in [0.25, 0.3) is 15.9 Å². The van der Waals surface area contributed by atoms with Crippen molar-refractivity contribution in [3.05, 3.63) is 63.6 Å². The number of halogens is 2. The lowest BCUT2D eigenvalue weighted by atomic mass is 10.1. The Bertz CT molecular complexity index is 1250. The Balaban J connectivity index is 1.93. The van der Waals surface area contributed by atoms with E-state index in [0.29, 0.717) is 21.4 Å². The Kier molecular flexibility index (Phi) is 8.46. The maximum Gasteiger partial charge on any atom is 0.269 e. The van der Waals surface area contributed by atoms with Gasteiger partial charge in [0.05, 0.1) is 15.6 Å². The molecule has 1 N–H and O–H groups in total. The van der Waals surface area contributed by atoms with Crippen molar-refractivity contribution in [3.8, 4) is 0 Å². The zero-order valence-corrected chi connectivity index (χ0v) is 22.0. The summed E-state index contributed by atoms with van der Waals surface area (Å²) in [6.07, 6.45) is 0.276. The van der Waals surface area contributed by atoms with E-state index >= 15 is 0 Å². The summed E-state index contributed by atoms with van der Waals surface area (Å²) in [6, 6.07) is 9.73. The van der Waals surface area contributed by atoms with Gasteiger partial charge < -0.3 is 10.2 Å². The molecule has 0 radical (unpaired) electrons. The molecule has 2 aromatic carbocycles. The van der Waals surface area contributed by atoms with Gasteiger partial charge in [-0.15, -0.1) is 0 Å². The van der Waals surface area contributed by atoms with Crippen LogP contribution in [0.15, 0.2) is 47.4 Å². The molecule has 0 fully saturated rings. The second kappa shape index (κ2) is 11.0. The fourth-order valence-corrected chi connectivity index (χ4v) is 5.62. The zero-order valence-electron chi connectivity index (χ0n) is 19.6. The first-order valence-electron chi connectivity index (χ1n) is 11.1. The Morgan fingerprint density at radius 2 is 1.77 bits per heavy atom. The van der Waals surface area contributed by atoms with Gasteiger partial charge in [0, 0.05) is 13.1 Å². The summed E-state index contributed by atoms with van der Waals surface area (Å²) in [6.45, 7) is 5.30. The Labute approximate surface area is 215 Å². The highest BCUT2D eigenvalue weighted by Gasteiger charge is 2.43. The van der Waals surface area contributed by atoms with E-state index in [1.165, 1.54) is 23.1 Å². The number of hydrogen-bond donors (Lipinski definition) is 1. The average Bonchev–Trinajstić information content (AvgIpc) is 3.00. The molecular weight excluding hydrogens is 513 g/mol. The van der Waals surface area contributed by atoms with E-state index in [9.17, 15) is 22.8 Å². The Morgan fingerprint density at radius 3 is 2.37 bits per heavy atom. The van der Waals surface area contributed by atoms with Crippen LogP contribution in [0.2, 0.25) is 10.0 Å². The fourth-order valence-electron chi connectivity index (χ4n) is 3.78. The molecule has 35 heavy (non-hydrogen) atoms. The number of carbonyl (C=O) groups excluding carboxylic acids is 3. The van der Waals surface area contributed by atoms with E-state index < -0.39 is 34.4 Å². The highest BCUT2D eigenvalue weighted by molar-refractivity contribution is 7.90. The minimum atomic E-state index is -4.19. The molecule has 3 rings (SSSR count). The van der Waals surface area contributed by atoms with Crippen molar-refractivity contribution in [2.45, 2.75) is 44.7 Å². The molecule has 8 nitrogen and oxygen atoms in total. The van der Waals surface area contributed by atoms with E-state index in [1.54, 1.807) is 31.2 Å². The maximum absolute atomic E-state index is 13.5. The van der Waals surface area contributed by atoms with Crippen molar-refractivity contribution < 1.29 is 22.8 Å². The minimum Gasteiger partial charge on any atom is -0.354 e. The van der Waals surface area contributed by atoms with Crippen molar-refractivity contribution in [3.63, 3.8) is 0 Å². The summed E-state index contributed by atoms with van der Waals surface area (Å²) < 4.78 is 26.5. The largest absolute Gasteiger partial charge is 0.354 e. The lowest BCUT2D eigenvalue weighted by molar-refractivity contribution is -0.141. The quantitative estimate of drug-likeness (QED) is 0.522. The molecule has 0 spiro atoms. The lowest BCUT2D eigenvalue weighted by Gasteiger charge is -2.32. The van der Waals surface area contributed by atoms with Gasteiger partial charge in [-0.1, -0.05) is 62.2 Å². The van der Waals surface area contributed by atoms with Crippen molar-refractivity contribution >= 4 is 50.9 Å². The van der Waals surface area contributed by atoms with Gasteiger partial charge in [0.2, 0.25) is 11.8 Å². The molecule has 0 aromatic heterocycles. The molecule has 0 bridgehead atoms. The SMILES string of the molecule is CCC(C(=O)NCC(C)C)N(Cc1ccc(Cl)c(Cl)c1)C(=O)CN1C(=O)c2ccccc2S1(=O)=O. The third-order valence-electron chi connectivity index (χ3n) is 5.60. The first-order valence-corrected chi connectivity index (χ1v) is 13.3. The zero-order chi connectivity index (χ0) is 25.9. The van der Waals surface area contributed by atoms with Gasteiger partial charge in [0.15, 0.2) is 0 Å². The number of hydrogen-bond acceptors (Lipinski definition) is 5. The Morgan fingerprint density at radius 1 is 1.09 bits per heavy atom. The van der Waals surface area contributed by atoms with Crippen LogP contribution < -0.4 is 5.32 Å². The van der Waals surface area contributed by atoms with E-state index in [-0.39, 0.29) is 40.3 Å². The second-order valence-electron chi connectivity index (χ2n) is 8.65. The molecule has 188 valence electrons. The summed E-state index contributed by atoms with van der Waals surface area (Å²) in [5, 5.41) is 3.44. The molecule has 0 aliphatic carbocycles. The molecule has 0 saturated carbocycles. The predicted octanol–water partition coefficient (Wildman–Crippen LogP) is 3.72. The van der Waals surface area contributed by atoms with E-state index in [1.807, 2.05) is 13.8 Å². The van der Waals surface area contributed by atoms with Gasteiger partial charge in [-0.25, -0.2) is 12.7 Å². The van der Waals surface area contributed by atoms with Crippen LogP contribution in [0, 0.1) is 5.92 Å². The van der Waals surface area contributed by atoms with E-state index in [4.69, 9.17) is 23.2 Å². The van der Waals surface area contributed by atoms with Crippen LogP contribution in [0.1, 0.15) is 43.1 Å². The van der Waals surface area contributed by atoms with Crippen LogP contribution in [0.4, 0.5) is 0 Å². The molecule has 1 aliphatic rings. The number of fused-ring (bicyclic) bond motifs is 1. The Hall–Kier alpha value is -2.62. The number of nitrogens with zero attached hydrogens (tertiary/aromatic N) is 2. The van der Waals surface area contributed by atoms with Crippen LogP contribution in [-0.2, 0) is 26.2 Å². The van der Waals surface area contributed by atoms with Crippen LogP contribution in [-0.4, -0.2) is 54.5 Å². The average molecular weight is 540 g/mol. The molecule has 1 atom stereocenters. The number of nitrogens with one attached hydrogen (secondary N) is 1. The fraction of sp³-hybridized carbons (Fsp3) is 0.375. The molecule has 1 aliphatic heterocycles. The van der Waals surface area contributed by atoms with Gasteiger partial charge in [-0.05, 0) is 42.2 Å². The van der Waals surface area contributed by atoms with Crippen molar-refractivity contribution in [1.82, 2.24) is 14.5 Å². The predicted molar refractivity (Wildman–Crippen MR) is 134 cm³/mol. The number of amides is 3. The molecule has 1 unspecified atom stereocenters.